The van der Waals surface area contributed by atoms with E-state index in [1.807, 2.05) is 31.2 Å². The molecular weight excluding hydrogens is 344 g/mol. The molecule has 0 saturated carbocycles. The molecule has 2 aromatic carbocycles. The zero-order valence-corrected chi connectivity index (χ0v) is 14.4. The highest BCUT2D eigenvalue weighted by atomic mass is 35.5. The van der Waals surface area contributed by atoms with Gasteiger partial charge in [-0.3, -0.25) is 9.36 Å². The Bertz CT molecular complexity index is 961. The highest BCUT2D eigenvalue weighted by molar-refractivity contribution is 6.31. The van der Waals surface area contributed by atoms with Crippen molar-refractivity contribution in [3.63, 3.8) is 0 Å². The van der Waals surface area contributed by atoms with E-state index in [9.17, 15) is 9.59 Å². The van der Waals surface area contributed by atoms with E-state index < -0.39 is 5.76 Å². The number of nitrogens with one attached hydrogen (secondary N) is 1. The van der Waals surface area contributed by atoms with Gasteiger partial charge < -0.3 is 14.5 Å². The van der Waals surface area contributed by atoms with E-state index in [-0.39, 0.29) is 12.5 Å². The summed E-state index contributed by atoms with van der Waals surface area (Å²) in [6, 6.07) is 12.5. The summed E-state index contributed by atoms with van der Waals surface area (Å²) in [6.07, 6.45) is 0. The second-order valence-electron chi connectivity index (χ2n) is 5.58. The van der Waals surface area contributed by atoms with Crippen LogP contribution in [0.15, 0.2) is 51.7 Å². The Morgan fingerprint density at radius 2 is 2.12 bits per heavy atom. The summed E-state index contributed by atoms with van der Waals surface area (Å²) in [5.41, 5.74) is 1.99. The summed E-state index contributed by atoms with van der Waals surface area (Å²) >= 11 is 5.87. The number of carbonyl (C=O) groups is 1. The number of ether oxygens (including phenoxy) is 1. The first kappa shape index (κ1) is 17.1. The number of hydrogen-bond acceptors (Lipinski definition) is 4. The fourth-order valence-electron chi connectivity index (χ4n) is 2.45. The van der Waals surface area contributed by atoms with Gasteiger partial charge in [-0.1, -0.05) is 23.7 Å². The number of amides is 1. The summed E-state index contributed by atoms with van der Waals surface area (Å²) in [7, 11) is 0. The smallest absolute Gasteiger partial charge is 0.420 e. The van der Waals surface area contributed by atoms with Crippen LogP contribution in [0.1, 0.15) is 5.56 Å². The van der Waals surface area contributed by atoms with Gasteiger partial charge in [0.1, 0.15) is 18.9 Å². The number of nitrogens with zero attached hydrogens (tertiary/aromatic N) is 1. The van der Waals surface area contributed by atoms with Crippen molar-refractivity contribution < 1.29 is 13.9 Å². The summed E-state index contributed by atoms with van der Waals surface area (Å²) < 4.78 is 11.9. The zero-order valence-electron chi connectivity index (χ0n) is 13.6. The Morgan fingerprint density at radius 1 is 1.28 bits per heavy atom. The van der Waals surface area contributed by atoms with Gasteiger partial charge in [0.2, 0.25) is 5.91 Å². The molecule has 1 aromatic heterocycles. The molecule has 0 unspecified atom stereocenters. The van der Waals surface area contributed by atoms with E-state index in [2.05, 4.69) is 5.32 Å². The molecule has 0 aliphatic carbocycles. The molecule has 3 aromatic rings. The number of hydrogen-bond donors (Lipinski definition) is 1. The average Bonchev–Trinajstić information content (AvgIpc) is 2.86. The average molecular weight is 361 g/mol. The Kier molecular flexibility index (Phi) is 5.09. The number of carbonyl (C=O) groups excluding carboxylic acids is 1. The maximum absolute atomic E-state index is 12.0. The van der Waals surface area contributed by atoms with Gasteiger partial charge in [-0.15, -0.1) is 0 Å². The first-order chi connectivity index (χ1) is 12.0. The summed E-state index contributed by atoms with van der Waals surface area (Å²) in [6.45, 7) is 2.53. The van der Waals surface area contributed by atoms with Crippen molar-refractivity contribution in [2.45, 2.75) is 13.5 Å². The van der Waals surface area contributed by atoms with Gasteiger partial charge in [-0.2, -0.15) is 0 Å². The van der Waals surface area contributed by atoms with E-state index in [0.717, 1.165) is 11.3 Å². The lowest BCUT2D eigenvalue weighted by Crippen LogP contribution is -2.33. The van der Waals surface area contributed by atoms with Crippen LogP contribution in [0.4, 0.5) is 0 Å². The van der Waals surface area contributed by atoms with Crippen LogP contribution in [-0.4, -0.2) is 23.6 Å². The lowest BCUT2D eigenvalue weighted by molar-refractivity contribution is -0.121. The van der Waals surface area contributed by atoms with Gasteiger partial charge in [0, 0.05) is 11.1 Å². The first-order valence-corrected chi connectivity index (χ1v) is 8.16. The minimum Gasteiger partial charge on any atom is -0.492 e. The molecule has 1 N–H and O–H groups in total. The minimum atomic E-state index is -0.594. The largest absolute Gasteiger partial charge is 0.492 e. The van der Waals surface area contributed by atoms with Gasteiger partial charge in [-0.25, -0.2) is 4.79 Å². The van der Waals surface area contributed by atoms with Crippen molar-refractivity contribution in [2.75, 3.05) is 13.2 Å². The molecule has 3 rings (SSSR count). The maximum Gasteiger partial charge on any atom is 0.420 e. The van der Waals surface area contributed by atoms with Gasteiger partial charge >= 0.3 is 5.76 Å². The molecule has 25 heavy (non-hydrogen) atoms. The van der Waals surface area contributed by atoms with Gasteiger partial charge in [0.05, 0.1) is 12.1 Å². The second kappa shape index (κ2) is 7.44. The van der Waals surface area contributed by atoms with Crippen LogP contribution in [0.25, 0.3) is 11.1 Å². The number of fused-ring (bicyclic) bond motifs is 1. The quantitative estimate of drug-likeness (QED) is 0.686. The highest BCUT2D eigenvalue weighted by Gasteiger charge is 2.12. The maximum atomic E-state index is 12.0. The van der Waals surface area contributed by atoms with Crippen molar-refractivity contribution in [1.82, 2.24) is 9.88 Å². The number of rotatable bonds is 6. The van der Waals surface area contributed by atoms with Crippen molar-refractivity contribution in [3.8, 4) is 5.75 Å². The normalized spacial score (nSPS) is 10.8. The third-order valence-electron chi connectivity index (χ3n) is 3.61. The molecule has 7 heteroatoms. The molecule has 0 bridgehead atoms. The van der Waals surface area contributed by atoms with E-state index in [1.54, 1.807) is 18.2 Å². The van der Waals surface area contributed by atoms with E-state index in [0.29, 0.717) is 29.3 Å². The molecule has 0 saturated heterocycles. The van der Waals surface area contributed by atoms with Gasteiger partial charge in [-0.05, 0) is 36.8 Å². The van der Waals surface area contributed by atoms with Crippen LogP contribution >= 0.6 is 11.6 Å². The fraction of sp³-hybridized carbons (Fsp3) is 0.222. The molecule has 6 nitrogen and oxygen atoms in total. The Labute approximate surface area is 149 Å². The summed E-state index contributed by atoms with van der Waals surface area (Å²) in [5, 5.41) is 3.18. The molecule has 1 heterocycles. The molecule has 0 aliphatic heterocycles. The molecule has 130 valence electrons. The van der Waals surface area contributed by atoms with Crippen molar-refractivity contribution >= 4 is 28.6 Å². The Hall–Kier alpha value is -2.73. The molecule has 0 radical (unpaired) electrons. The number of benzene rings is 2. The van der Waals surface area contributed by atoms with Crippen molar-refractivity contribution in [3.05, 3.63) is 63.6 Å². The number of halogens is 1. The van der Waals surface area contributed by atoms with Crippen LogP contribution in [0.2, 0.25) is 5.02 Å². The van der Waals surface area contributed by atoms with E-state index in [1.165, 1.54) is 4.57 Å². The zero-order chi connectivity index (χ0) is 17.8. The molecule has 0 atom stereocenters. The van der Waals surface area contributed by atoms with E-state index in [4.69, 9.17) is 20.8 Å². The number of aromatic nitrogens is 1. The summed E-state index contributed by atoms with van der Waals surface area (Å²) in [5.74, 6) is -0.140. The van der Waals surface area contributed by atoms with Crippen LogP contribution in [0, 0.1) is 6.92 Å². The predicted molar refractivity (Wildman–Crippen MR) is 95.2 cm³/mol. The second-order valence-corrected chi connectivity index (χ2v) is 6.02. The Morgan fingerprint density at radius 3 is 2.92 bits per heavy atom. The first-order valence-electron chi connectivity index (χ1n) is 7.78. The minimum absolute atomic E-state index is 0.127. The standard InChI is InChI=1S/C18H17ClN2O4/c1-12-3-2-4-14(9-12)24-8-7-20-17(22)11-21-15-6-5-13(19)10-16(15)25-18(21)23/h2-6,9-10H,7-8,11H2,1H3,(H,20,22). The van der Waals surface area contributed by atoms with Crippen molar-refractivity contribution in [1.29, 1.82) is 0 Å². The number of oxazole rings is 1. The Balaban J connectivity index is 1.54. The van der Waals surface area contributed by atoms with Gasteiger partial charge in [0.15, 0.2) is 5.58 Å². The monoisotopic (exact) mass is 360 g/mol. The van der Waals surface area contributed by atoms with Gasteiger partial charge in [0.25, 0.3) is 0 Å². The molecule has 1 amide bonds. The van der Waals surface area contributed by atoms with Crippen molar-refractivity contribution in [2.24, 2.45) is 0 Å². The van der Waals surface area contributed by atoms with E-state index >= 15 is 0 Å². The predicted octanol–water partition coefficient (Wildman–Crippen LogP) is 2.75. The lowest BCUT2D eigenvalue weighted by Gasteiger charge is -2.08. The topological polar surface area (TPSA) is 73.5 Å². The van der Waals surface area contributed by atoms with Crippen LogP contribution in [-0.2, 0) is 11.3 Å². The van der Waals surface area contributed by atoms with Crippen LogP contribution in [0.3, 0.4) is 0 Å². The summed E-state index contributed by atoms with van der Waals surface area (Å²) in [4.78, 5) is 23.9. The number of aryl methyl sites for hydroxylation is 1. The molecule has 0 aliphatic rings. The third-order valence-corrected chi connectivity index (χ3v) is 3.85. The molecule has 0 spiro atoms. The third kappa shape index (κ3) is 4.22. The molecular formula is C18H17ClN2O4. The van der Waals surface area contributed by atoms with Crippen LogP contribution in [0.5, 0.6) is 5.75 Å². The van der Waals surface area contributed by atoms with Crippen LogP contribution < -0.4 is 15.8 Å². The lowest BCUT2D eigenvalue weighted by atomic mass is 10.2. The SMILES string of the molecule is Cc1cccc(OCCNC(=O)Cn2c(=O)oc3cc(Cl)ccc32)c1. The molecule has 0 fully saturated rings. The highest BCUT2D eigenvalue weighted by Crippen LogP contribution is 2.18. The fourth-order valence-corrected chi connectivity index (χ4v) is 2.62.